The van der Waals surface area contributed by atoms with Gasteiger partial charge in [0, 0.05) is 30.4 Å². The summed E-state index contributed by atoms with van der Waals surface area (Å²) in [7, 11) is 0. The largest absolute Gasteiger partial charge is 0.494 e. The number of nitrogens with one attached hydrogen (secondary N) is 1. The number of likely N-dealkylation sites (tertiary alicyclic amines) is 1. The maximum Gasteiger partial charge on any atom is 0.271 e. The molecule has 1 aliphatic heterocycles. The predicted molar refractivity (Wildman–Crippen MR) is 130 cm³/mol. The van der Waals surface area contributed by atoms with Gasteiger partial charge in [-0.2, -0.15) is 5.10 Å². The van der Waals surface area contributed by atoms with E-state index in [4.69, 9.17) is 16.3 Å². The first-order chi connectivity index (χ1) is 16.4. The molecule has 9 heteroatoms. The summed E-state index contributed by atoms with van der Waals surface area (Å²) < 4.78 is 7.12. The first-order valence-corrected chi connectivity index (χ1v) is 11.8. The van der Waals surface area contributed by atoms with Gasteiger partial charge >= 0.3 is 0 Å². The van der Waals surface area contributed by atoms with E-state index >= 15 is 0 Å². The molecule has 34 heavy (non-hydrogen) atoms. The Kier molecular flexibility index (Phi) is 7.17. The van der Waals surface area contributed by atoms with Crippen molar-refractivity contribution in [1.29, 1.82) is 0 Å². The molecular formula is C25H28ClN5O3. The van der Waals surface area contributed by atoms with E-state index in [-0.39, 0.29) is 28.6 Å². The van der Waals surface area contributed by atoms with Crippen LogP contribution in [-0.4, -0.2) is 57.2 Å². The first kappa shape index (κ1) is 23.8. The molecule has 8 nitrogen and oxygen atoms in total. The van der Waals surface area contributed by atoms with Crippen LogP contribution in [0.5, 0.6) is 5.75 Å². The molecule has 0 saturated carbocycles. The number of aromatic nitrogens is 3. The fraction of sp³-hybridized carbons (Fsp3) is 0.360. The standard InChI is InChI=1S/C25H28ClN5O3/c1-4-34-20-7-5-18(6-8-20)25(33)30-13-11-19(12-14-30)27-24(32)23-21(26)9-10-22(28-23)31-17(3)15-16(2)29-31/h5-10,15,19H,4,11-14H2,1-3H3,(H,27,32). The summed E-state index contributed by atoms with van der Waals surface area (Å²) >= 11 is 6.29. The SMILES string of the molecule is CCOc1ccc(C(=O)N2CCC(NC(=O)c3nc(-n4nc(C)cc4C)ccc3Cl)CC2)cc1. The molecule has 4 rings (SSSR count). The first-order valence-electron chi connectivity index (χ1n) is 11.4. The molecule has 2 amide bonds. The lowest BCUT2D eigenvalue weighted by atomic mass is 10.0. The second-order valence-corrected chi connectivity index (χ2v) is 8.74. The van der Waals surface area contributed by atoms with Crippen molar-refractivity contribution in [1.82, 2.24) is 25.0 Å². The van der Waals surface area contributed by atoms with Gasteiger partial charge in [0.1, 0.15) is 11.4 Å². The van der Waals surface area contributed by atoms with E-state index in [0.29, 0.717) is 43.9 Å². The van der Waals surface area contributed by atoms with Crippen molar-refractivity contribution in [3.05, 3.63) is 70.1 Å². The average molecular weight is 482 g/mol. The van der Waals surface area contributed by atoms with Gasteiger partial charge in [0.15, 0.2) is 5.82 Å². The van der Waals surface area contributed by atoms with Crippen molar-refractivity contribution in [3.63, 3.8) is 0 Å². The highest BCUT2D eigenvalue weighted by molar-refractivity contribution is 6.33. The number of rotatable bonds is 6. The van der Waals surface area contributed by atoms with Crippen molar-refractivity contribution < 1.29 is 14.3 Å². The van der Waals surface area contributed by atoms with Crippen LogP contribution in [0.1, 0.15) is 52.0 Å². The third-order valence-electron chi connectivity index (χ3n) is 5.80. The molecular weight excluding hydrogens is 454 g/mol. The molecule has 0 bridgehead atoms. The van der Waals surface area contributed by atoms with E-state index in [1.165, 1.54) is 0 Å². The number of aryl methyl sites for hydroxylation is 2. The van der Waals surface area contributed by atoms with E-state index in [9.17, 15) is 9.59 Å². The predicted octanol–water partition coefficient (Wildman–Crippen LogP) is 3.97. The number of pyridine rings is 1. The third-order valence-corrected chi connectivity index (χ3v) is 6.11. The maximum atomic E-state index is 12.9. The molecule has 1 aliphatic rings. The van der Waals surface area contributed by atoms with Crippen LogP contribution in [0.4, 0.5) is 0 Å². The summed E-state index contributed by atoms with van der Waals surface area (Å²) in [4.78, 5) is 32.1. The number of piperidine rings is 1. The Morgan fingerprint density at radius 2 is 1.82 bits per heavy atom. The Morgan fingerprint density at radius 1 is 1.12 bits per heavy atom. The van der Waals surface area contributed by atoms with E-state index in [0.717, 1.165) is 17.1 Å². The van der Waals surface area contributed by atoms with Gasteiger partial charge < -0.3 is 15.0 Å². The van der Waals surface area contributed by atoms with E-state index in [1.807, 2.05) is 31.7 Å². The zero-order chi connectivity index (χ0) is 24.2. The minimum Gasteiger partial charge on any atom is -0.494 e. The number of amides is 2. The van der Waals surface area contributed by atoms with Crippen LogP contribution in [0.25, 0.3) is 5.82 Å². The molecule has 3 aromatic rings. The lowest BCUT2D eigenvalue weighted by Gasteiger charge is -2.32. The van der Waals surface area contributed by atoms with Crippen LogP contribution < -0.4 is 10.1 Å². The number of halogens is 1. The molecule has 0 aliphatic carbocycles. The minimum absolute atomic E-state index is 0.0184. The minimum atomic E-state index is -0.329. The van der Waals surface area contributed by atoms with Gasteiger partial charge in [-0.1, -0.05) is 11.6 Å². The Hall–Kier alpha value is -3.39. The maximum absolute atomic E-state index is 12.9. The van der Waals surface area contributed by atoms with Crippen LogP contribution in [0.2, 0.25) is 5.02 Å². The van der Waals surface area contributed by atoms with Crippen LogP contribution in [0, 0.1) is 13.8 Å². The highest BCUT2D eigenvalue weighted by Gasteiger charge is 2.26. The number of nitrogens with zero attached hydrogens (tertiary/aromatic N) is 4. The fourth-order valence-electron chi connectivity index (χ4n) is 4.09. The van der Waals surface area contributed by atoms with Crippen molar-refractivity contribution in [3.8, 4) is 11.6 Å². The number of ether oxygens (including phenoxy) is 1. The Morgan fingerprint density at radius 3 is 2.44 bits per heavy atom. The lowest BCUT2D eigenvalue weighted by molar-refractivity contribution is 0.0697. The molecule has 0 atom stereocenters. The highest BCUT2D eigenvalue weighted by Crippen LogP contribution is 2.20. The van der Waals surface area contributed by atoms with Crippen LogP contribution >= 0.6 is 11.6 Å². The molecule has 0 radical (unpaired) electrons. The number of carbonyl (C=O) groups excluding carboxylic acids is 2. The normalized spacial score (nSPS) is 14.2. The molecule has 0 unspecified atom stereocenters. The summed E-state index contributed by atoms with van der Waals surface area (Å²) in [5.74, 6) is 0.936. The molecule has 2 aromatic heterocycles. The molecule has 0 spiro atoms. The summed E-state index contributed by atoms with van der Waals surface area (Å²) in [6.07, 6.45) is 1.31. The molecule has 1 aromatic carbocycles. The molecule has 1 fully saturated rings. The zero-order valence-corrected chi connectivity index (χ0v) is 20.3. The van der Waals surface area contributed by atoms with Gasteiger partial charge in [0.05, 0.1) is 17.3 Å². The lowest BCUT2D eigenvalue weighted by Crippen LogP contribution is -2.46. The topological polar surface area (TPSA) is 89.4 Å². The quantitative estimate of drug-likeness (QED) is 0.575. The molecule has 1 saturated heterocycles. The monoisotopic (exact) mass is 481 g/mol. The van der Waals surface area contributed by atoms with Crippen LogP contribution in [0.3, 0.4) is 0 Å². The van der Waals surface area contributed by atoms with E-state index in [1.54, 1.807) is 41.1 Å². The Labute approximate surface area is 203 Å². The Bertz CT molecular complexity index is 1180. The van der Waals surface area contributed by atoms with Crippen molar-refractivity contribution in [2.24, 2.45) is 0 Å². The second kappa shape index (κ2) is 10.3. The smallest absolute Gasteiger partial charge is 0.271 e. The molecule has 178 valence electrons. The van der Waals surface area contributed by atoms with Gasteiger partial charge in [0.25, 0.3) is 11.8 Å². The summed E-state index contributed by atoms with van der Waals surface area (Å²) in [5.41, 5.74) is 2.58. The Balaban J connectivity index is 1.37. The van der Waals surface area contributed by atoms with Gasteiger partial charge in [-0.15, -0.1) is 0 Å². The summed E-state index contributed by atoms with van der Waals surface area (Å²) in [6.45, 7) is 7.45. The molecule has 1 N–H and O–H groups in total. The fourth-order valence-corrected chi connectivity index (χ4v) is 4.28. The zero-order valence-electron chi connectivity index (χ0n) is 19.5. The summed E-state index contributed by atoms with van der Waals surface area (Å²) in [6, 6.07) is 12.5. The third kappa shape index (κ3) is 5.22. The average Bonchev–Trinajstić information content (AvgIpc) is 3.18. The van der Waals surface area contributed by atoms with Crippen molar-refractivity contribution in [2.45, 2.75) is 39.7 Å². The van der Waals surface area contributed by atoms with Crippen LogP contribution in [0.15, 0.2) is 42.5 Å². The van der Waals surface area contributed by atoms with Gasteiger partial charge in [-0.05, 0) is 76.1 Å². The van der Waals surface area contributed by atoms with E-state index < -0.39 is 0 Å². The van der Waals surface area contributed by atoms with E-state index in [2.05, 4.69) is 15.4 Å². The number of hydrogen-bond acceptors (Lipinski definition) is 5. The van der Waals surface area contributed by atoms with Crippen molar-refractivity contribution >= 4 is 23.4 Å². The van der Waals surface area contributed by atoms with Gasteiger partial charge in [0.2, 0.25) is 0 Å². The van der Waals surface area contributed by atoms with Crippen molar-refractivity contribution in [2.75, 3.05) is 19.7 Å². The summed E-state index contributed by atoms with van der Waals surface area (Å²) in [5, 5.41) is 7.73. The number of carbonyl (C=O) groups is 2. The number of hydrogen-bond donors (Lipinski definition) is 1. The second-order valence-electron chi connectivity index (χ2n) is 8.34. The van der Waals surface area contributed by atoms with Crippen LogP contribution in [-0.2, 0) is 0 Å². The van der Waals surface area contributed by atoms with Gasteiger partial charge in [-0.25, -0.2) is 9.67 Å². The van der Waals surface area contributed by atoms with Gasteiger partial charge in [-0.3, -0.25) is 9.59 Å². The highest BCUT2D eigenvalue weighted by atomic mass is 35.5. The molecule has 3 heterocycles. The number of benzene rings is 1.